The zero-order chi connectivity index (χ0) is 14.7. The van der Waals surface area contributed by atoms with Crippen molar-refractivity contribution >= 4 is 22.5 Å². The lowest BCUT2D eigenvalue weighted by molar-refractivity contribution is 1.29. The van der Waals surface area contributed by atoms with Gasteiger partial charge >= 0.3 is 0 Å². The number of thioether (sulfide) groups is 1. The minimum absolute atomic E-state index is 0.729. The molecule has 0 unspecified atom stereocenters. The average Bonchev–Trinajstić information content (AvgIpc) is 2.53. The van der Waals surface area contributed by atoms with Crippen LogP contribution in [0.2, 0.25) is 0 Å². The summed E-state index contributed by atoms with van der Waals surface area (Å²) in [5.41, 5.74) is 3.20. The van der Waals surface area contributed by atoms with Gasteiger partial charge in [0, 0.05) is 10.6 Å². The molecule has 1 nitrogen and oxygen atoms in total. The van der Waals surface area contributed by atoms with E-state index in [1.54, 1.807) is 0 Å². The number of hydrogen-bond acceptors (Lipinski definition) is 2. The molecule has 0 aliphatic heterocycles. The van der Waals surface area contributed by atoms with Crippen molar-refractivity contribution in [2.45, 2.75) is 17.6 Å². The Morgan fingerprint density at radius 3 is 2.52 bits per heavy atom. The van der Waals surface area contributed by atoms with Crippen LogP contribution in [0.25, 0.3) is 10.8 Å². The summed E-state index contributed by atoms with van der Waals surface area (Å²) >= 11 is 1.83. The van der Waals surface area contributed by atoms with Gasteiger partial charge in [-0.05, 0) is 53.1 Å². The van der Waals surface area contributed by atoms with E-state index in [0.717, 1.165) is 11.3 Å². The minimum atomic E-state index is 0.729. The zero-order valence-corrected chi connectivity index (χ0v) is 12.7. The van der Waals surface area contributed by atoms with Gasteiger partial charge in [-0.3, -0.25) is 0 Å². The van der Waals surface area contributed by atoms with Crippen LogP contribution in [0.15, 0.2) is 65.6 Å². The first-order valence-electron chi connectivity index (χ1n) is 6.87. The molecule has 2 heteroatoms. The van der Waals surface area contributed by atoms with E-state index in [9.17, 15) is 0 Å². The van der Waals surface area contributed by atoms with E-state index in [1.165, 1.54) is 26.8 Å². The van der Waals surface area contributed by atoms with Crippen molar-refractivity contribution < 1.29 is 0 Å². The van der Waals surface area contributed by atoms with Crippen molar-refractivity contribution in [2.75, 3.05) is 0 Å². The number of nitrogens with zero attached hydrogens (tertiary/aromatic N) is 1. The quantitative estimate of drug-likeness (QED) is 0.610. The molecule has 3 rings (SSSR count). The third-order valence-electron chi connectivity index (χ3n) is 3.59. The fourth-order valence-corrected chi connectivity index (χ4v) is 3.37. The average molecular weight is 289 g/mol. The number of aryl methyl sites for hydroxylation is 1. The number of fused-ring (bicyclic) bond motifs is 1. The molecule has 0 heterocycles. The topological polar surface area (TPSA) is 23.8 Å². The van der Waals surface area contributed by atoms with Crippen molar-refractivity contribution in [3.63, 3.8) is 0 Å². The van der Waals surface area contributed by atoms with E-state index in [2.05, 4.69) is 61.5 Å². The highest BCUT2D eigenvalue weighted by molar-refractivity contribution is 7.98. The Morgan fingerprint density at radius 1 is 0.952 bits per heavy atom. The van der Waals surface area contributed by atoms with E-state index in [1.807, 2.05) is 23.9 Å². The Labute approximate surface area is 129 Å². The van der Waals surface area contributed by atoms with Crippen LogP contribution < -0.4 is 0 Å². The molecule has 0 amide bonds. The third kappa shape index (κ3) is 3.09. The second kappa shape index (κ2) is 6.03. The molecule has 0 saturated heterocycles. The molecule has 0 aromatic heterocycles. The Balaban J connectivity index is 1.78. The molecule has 102 valence electrons. The van der Waals surface area contributed by atoms with Gasteiger partial charge < -0.3 is 0 Å². The largest absolute Gasteiger partial charge is 0.192 e. The molecular formula is C19H15NS. The summed E-state index contributed by atoms with van der Waals surface area (Å²) in [5.74, 6) is 0.926. The first kappa shape index (κ1) is 13.7. The van der Waals surface area contributed by atoms with Crippen molar-refractivity contribution in [1.29, 1.82) is 5.26 Å². The first-order chi connectivity index (χ1) is 10.3. The van der Waals surface area contributed by atoms with Crippen molar-refractivity contribution in [2.24, 2.45) is 0 Å². The smallest absolute Gasteiger partial charge is 0.0991 e. The van der Waals surface area contributed by atoms with E-state index in [0.29, 0.717) is 0 Å². The van der Waals surface area contributed by atoms with E-state index in [-0.39, 0.29) is 0 Å². The van der Waals surface area contributed by atoms with E-state index >= 15 is 0 Å². The van der Waals surface area contributed by atoms with Gasteiger partial charge in [0.1, 0.15) is 0 Å². The molecule has 3 aromatic rings. The summed E-state index contributed by atoms with van der Waals surface area (Å²) in [6.07, 6.45) is 0. The van der Waals surface area contributed by atoms with E-state index in [4.69, 9.17) is 5.26 Å². The molecule has 0 N–H and O–H groups in total. The lowest BCUT2D eigenvalue weighted by Gasteiger charge is -2.07. The SMILES string of the molecule is Cc1cc(C#N)ccc1CSc1ccc2ccccc2c1. The summed E-state index contributed by atoms with van der Waals surface area (Å²) in [7, 11) is 0. The zero-order valence-electron chi connectivity index (χ0n) is 11.8. The fourth-order valence-electron chi connectivity index (χ4n) is 2.35. The maximum atomic E-state index is 8.91. The summed E-state index contributed by atoms with van der Waals surface area (Å²) in [4.78, 5) is 1.28. The molecule has 0 aliphatic rings. The second-order valence-electron chi connectivity index (χ2n) is 5.05. The normalized spacial score (nSPS) is 10.5. The van der Waals surface area contributed by atoms with Crippen LogP contribution >= 0.6 is 11.8 Å². The van der Waals surface area contributed by atoms with Crippen LogP contribution in [0.1, 0.15) is 16.7 Å². The molecule has 0 radical (unpaired) electrons. The van der Waals surface area contributed by atoms with Gasteiger partial charge in [0.2, 0.25) is 0 Å². The number of rotatable bonds is 3. The predicted molar refractivity (Wildman–Crippen MR) is 89.4 cm³/mol. The second-order valence-corrected chi connectivity index (χ2v) is 6.10. The highest BCUT2D eigenvalue weighted by atomic mass is 32.2. The minimum Gasteiger partial charge on any atom is -0.192 e. The highest BCUT2D eigenvalue weighted by Gasteiger charge is 2.02. The highest BCUT2D eigenvalue weighted by Crippen LogP contribution is 2.27. The molecule has 0 bridgehead atoms. The lowest BCUT2D eigenvalue weighted by atomic mass is 10.1. The van der Waals surface area contributed by atoms with Gasteiger partial charge in [-0.15, -0.1) is 11.8 Å². The summed E-state index contributed by atoms with van der Waals surface area (Å²) < 4.78 is 0. The van der Waals surface area contributed by atoms with Gasteiger partial charge in [-0.25, -0.2) is 0 Å². The molecule has 3 aromatic carbocycles. The monoisotopic (exact) mass is 289 g/mol. The Hall–Kier alpha value is -2.24. The molecule has 0 spiro atoms. The lowest BCUT2D eigenvalue weighted by Crippen LogP contribution is -1.88. The standard InChI is InChI=1S/C19H15NS/c1-14-10-15(12-20)6-7-18(14)13-21-19-9-8-16-4-2-3-5-17(16)11-19/h2-11H,13H2,1H3. The molecular weight excluding hydrogens is 274 g/mol. The molecule has 0 atom stereocenters. The predicted octanol–water partition coefficient (Wildman–Crippen LogP) is 5.31. The van der Waals surface area contributed by atoms with Crippen molar-refractivity contribution in [1.82, 2.24) is 0 Å². The molecule has 0 aliphatic carbocycles. The van der Waals surface area contributed by atoms with Crippen LogP contribution in [-0.2, 0) is 5.75 Å². The first-order valence-corrected chi connectivity index (χ1v) is 7.86. The maximum absolute atomic E-state index is 8.91. The Kier molecular flexibility index (Phi) is 3.94. The van der Waals surface area contributed by atoms with Gasteiger partial charge in [-0.1, -0.05) is 36.4 Å². The van der Waals surface area contributed by atoms with Crippen LogP contribution in [0.3, 0.4) is 0 Å². The van der Waals surface area contributed by atoms with Crippen LogP contribution in [0.5, 0.6) is 0 Å². The molecule has 21 heavy (non-hydrogen) atoms. The number of benzene rings is 3. The summed E-state index contributed by atoms with van der Waals surface area (Å²) in [5, 5.41) is 11.5. The summed E-state index contributed by atoms with van der Waals surface area (Å²) in [6.45, 7) is 2.07. The van der Waals surface area contributed by atoms with Gasteiger partial charge in [0.05, 0.1) is 11.6 Å². The van der Waals surface area contributed by atoms with Gasteiger partial charge in [-0.2, -0.15) is 5.26 Å². The third-order valence-corrected chi connectivity index (χ3v) is 4.63. The maximum Gasteiger partial charge on any atom is 0.0991 e. The number of nitriles is 1. The van der Waals surface area contributed by atoms with Gasteiger partial charge in [0.25, 0.3) is 0 Å². The van der Waals surface area contributed by atoms with Crippen LogP contribution in [0, 0.1) is 18.3 Å². The van der Waals surface area contributed by atoms with Gasteiger partial charge in [0.15, 0.2) is 0 Å². The van der Waals surface area contributed by atoms with E-state index < -0.39 is 0 Å². The summed E-state index contributed by atoms with van der Waals surface area (Å²) in [6, 6.07) is 23.1. The van der Waals surface area contributed by atoms with Crippen LogP contribution in [-0.4, -0.2) is 0 Å². The number of hydrogen-bond donors (Lipinski definition) is 0. The molecule has 0 fully saturated rings. The van der Waals surface area contributed by atoms with Crippen molar-refractivity contribution in [3.8, 4) is 6.07 Å². The van der Waals surface area contributed by atoms with Crippen molar-refractivity contribution in [3.05, 3.63) is 77.4 Å². The Bertz CT molecular complexity index is 830. The Morgan fingerprint density at radius 2 is 1.76 bits per heavy atom. The fraction of sp³-hybridized carbons (Fsp3) is 0.105. The molecule has 0 saturated carbocycles. The van der Waals surface area contributed by atoms with Crippen LogP contribution in [0.4, 0.5) is 0 Å².